The first-order valence-electron chi connectivity index (χ1n) is 17.3. The molecule has 0 spiro atoms. The van der Waals surface area contributed by atoms with Gasteiger partial charge in [0.05, 0.1) is 6.42 Å². The van der Waals surface area contributed by atoms with Crippen LogP contribution in [0.1, 0.15) is 187 Å². The minimum Gasteiger partial charge on any atom is -0.481 e. The maximum absolute atomic E-state index is 12.5. The number of amides is 2. The summed E-state index contributed by atoms with van der Waals surface area (Å²) in [6.07, 6.45) is 31.2. The molecule has 0 aromatic carbocycles. The van der Waals surface area contributed by atoms with Crippen LogP contribution >= 0.6 is 0 Å². The Bertz CT molecular complexity index is 596. The molecule has 40 heavy (non-hydrogen) atoms. The average molecular weight is 567 g/mol. The quantitative estimate of drug-likeness (QED) is 0.0729. The van der Waals surface area contributed by atoms with Gasteiger partial charge in [-0.2, -0.15) is 0 Å². The van der Waals surface area contributed by atoms with Gasteiger partial charge in [-0.15, -0.1) is 0 Å². The lowest BCUT2D eigenvalue weighted by molar-refractivity contribution is -0.140. The Balaban J connectivity index is 3.79. The van der Waals surface area contributed by atoms with Crippen molar-refractivity contribution in [2.45, 2.75) is 193 Å². The zero-order valence-corrected chi connectivity index (χ0v) is 26.5. The number of carbonyl (C=O) groups is 3. The number of carboxylic acids is 1. The Hall–Kier alpha value is -1.59. The van der Waals surface area contributed by atoms with Gasteiger partial charge >= 0.3 is 5.97 Å². The maximum atomic E-state index is 12.5. The predicted octanol–water partition coefficient (Wildman–Crippen LogP) is 9.24. The first-order valence-corrected chi connectivity index (χ1v) is 17.3. The van der Waals surface area contributed by atoms with Gasteiger partial charge in [0.25, 0.3) is 0 Å². The Labute approximate surface area is 247 Å². The SMILES string of the molecule is CCCCCCCCCCCCCCCC(=O)N[C@@H](CC(=O)O)C(=O)NCCCCCCCCCCCCCC. The van der Waals surface area contributed by atoms with Crippen molar-refractivity contribution in [3.05, 3.63) is 0 Å². The van der Waals surface area contributed by atoms with Gasteiger partial charge in [-0.3, -0.25) is 14.4 Å². The molecule has 0 fully saturated rings. The van der Waals surface area contributed by atoms with Gasteiger partial charge in [0.2, 0.25) is 11.8 Å². The molecule has 0 rings (SSSR count). The highest BCUT2D eigenvalue weighted by Crippen LogP contribution is 2.14. The minimum atomic E-state index is -1.08. The fraction of sp³-hybridized carbons (Fsp3) is 0.912. The molecule has 0 saturated carbocycles. The van der Waals surface area contributed by atoms with Gasteiger partial charge in [0.1, 0.15) is 6.04 Å². The molecule has 0 bridgehead atoms. The molecule has 3 N–H and O–H groups in total. The Morgan fingerprint density at radius 3 is 1.25 bits per heavy atom. The zero-order valence-electron chi connectivity index (χ0n) is 26.5. The van der Waals surface area contributed by atoms with E-state index in [1.807, 2.05) is 0 Å². The summed E-state index contributed by atoms with van der Waals surface area (Å²) in [7, 11) is 0. The molecule has 0 aliphatic carbocycles. The molecule has 6 heteroatoms. The normalized spacial score (nSPS) is 11.8. The van der Waals surface area contributed by atoms with Crippen molar-refractivity contribution >= 4 is 17.8 Å². The van der Waals surface area contributed by atoms with Crippen LogP contribution in [0.3, 0.4) is 0 Å². The second-order valence-electron chi connectivity index (χ2n) is 11.9. The van der Waals surface area contributed by atoms with Crippen LogP contribution in [0.2, 0.25) is 0 Å². The van der Waals surface area contributed by atoms with Crippen molar-refractivity contribution in [1.29, 1.82) is 0 Å². The highest BCUT2D eigenvalue weighted by Gasteiger charge is 2.23. The van der Waals surface area contributed by atoms with Crippen molar-refractivity contribution in [3.63, 3.8) is 0 Å². The molecule has 0 unspecified atom stereocenters. The second kappa shape index (κ2) is 30.4. The molecule has 0 radical (unpaired) electrons. The summed E-state index contributed by atoms with van der Waals surface area (Å²) in [5.41, 5.74) is 0. The maximum Gasteiger partial charge on any atom is 0.305 e. The number of hydrogen-bond acceptors (Lipinski definition) is 3. The number of rotatable bonds is 31. The number of nitrogens with one attached hydrogen (secondary N) is 2. The van der Waals surface area contributed by atoms with Gasteiger partial charge in [-0.05, 0) is 12.8 Å². The number of carbonyl (C=O) groups excluding carboxylic acids is 2. The molecule has 1 atom stereocenters. The third kappa shape index (κ3) is 28.0. The molecule has 0 heterocycles. The predicted molar refractivity (Wildman–Crippen MR) is 169 cm³/mol. The van der Waals surface area contributed by atoms with Crippen LogP contribution in [0, 0.1) is 0 Å². The Kier molecular flexibility index (Phi) is 29.2. The van der Waals surface area contributed by atoms with E-state index in [1.54, 1.807) is 0 Å². The van der Waals surface area contributed by atoms with Crippen LogP contribution in [0.5, 0.6) is 0 Å². The van der Waals surface area contributed by atoms with Crippen molar-refractivity contribution in [2.75, 3.05) is 6.54 Å². The lowest BCUT2D eigenvalue weighted by atomic mass is 10.0. The van der Waals surface area contributed by atoms with E-state index in [4.69, 9.17) is 0 Å². The van der Waals surface area contributed by atoms with E-state index in [0.29, 0.717) is 13.0 Å². The first kappa shape index (κ1) is 38.4. The summed E-state index contributed by atoms with van der Waals surface area (Å²) in [5.74, 6) is -1.69. The largest absolute Gasteiger partial charge is 0.481 e. The van der Waals surface area contributed by atoms with E-state index in [2.05, 4.69) is 24.5 Å². The summed E-state index contributed by atoms with van der Waals surface area (Å²) in [4.78, 5) is 36.1. The minimum absolute atomic E-state index is 0.227. The smallest absolute Gasteiger partial charge is 0.305 e. The number of carboxylic acid groups (broad SMARTS) is 1. The first-order chi connectivity index (χ1) is 19.5. The standard InChI is InChI=1S/C34H66N2O4/c1-3-5-7-9-11-13-15-17-18-20-22-24-26-28-32(37)36-31(30-33(38)39)34(40)35-29-27-25-23-21-19-16-14-12-10-8-6-4-2/h31H,3-30H2,1-2H3,(H,35,40)(H,36,37)(H,38,39)/t31-/m0/s1. The van der Waals surface area contributed by atoms with Gasteiger partial charge in [0, 0.05) is 13.0 Å². The van der Waals surface area contributed by atoms with Gasteiger partial charge in [0.15, 0.2) is 0 Å². The summed E-state index contributed by atoms with van der Waals surface area (Å²) in [6.45, 7) is 5.03. The zero-order chi connectivity index (χ0) is 29.5. The number of hydrogen-bond donors (Lipinski definition) is 3. The highest BCUT2D eigenvalue weighted by molar-refractivity contribution is 5.90. The van der Waals surface area contributed by atoms with Crippen LogP contribution < -0.4 is 10.6 Å². The van der Waals surface area contributed by atoms with E-state index in [9.17, 15) is 19.5 Å². The van der Waals surface area contributed by atoms with E-state index in [1.165, 1.54) is 128 Å². The molecule has 6 nitrogen and oxygen atoms in total. The van der Waals surface area contributed by atoms with Gasteiger partial charge in [-0.25, -0.2) is 0 Å². The molecule has 0 saturated heterocycles. The molecule has 0 aliphatic heterocycles. The molecule has 2 amide bonds. The monoisotopic (exact) mass is 567 g/mol. The van der Waals surface area contributed by atoms with Crippen molar-refractivity contribution in [3.8, 4) is 0 Å². The molecular weight excluding hydrogens is 500 g/mol. The van der Waals surface area contributed by atoms with Crippen LogP contribution in [0.15, 0.2) is 0 Å². The Morgan fingerprint density at radius 1 is 0.525 bits per heavy atom. The lowest BCUT2D eigenvalue weighted by Gasteiger charge is -2.17. The van der Waals surface area contributed by atoms with Crippen LogP contribution in [0.4, 0.5) is 0 Å². The van der Waals surface area contributed by atoms with E-state index < -0.39 is 12.0 Å². The fourth-order valence-corrected chi connectivity index (χ4v) is 5.25. The van der Waals surface area contributed by atoms with Gasteiger partial charge < -0.3 is 15.7 Å². The average Bonchev–Trinajstić information content (AvgIpc) is 2.93. The van der Waals surface area contributed by atoms with E-state index in [0.717, 1.165) is 32.1 Å². The fourth-order valence-electron chi connectivity index (χ4n) is 5.25. The van der Waals surface area contributed by atoms with Crippen LogP contribution in [-0.4, -0.2) is 35.5 Å². The van der Waals surface area contributed by atoms with Crippen molar-refractivity contribution < 1.29 is 19.5 Å². The van der Waals surface area contributed by atoms with Gasteiger partial charge in [-0.1, -0.05) is 162 Å². The molecule has 236 valence electrons. The molecule has 0 aromatic rings. The van der Waals surface area contributed by atoms with Crippen LogP contribution in [0.25, 0.3) is 0 Å². The third-order valence-electron chi connectivity index (χ3n) is 7.87. The molecule has 0 aromatic heterocycles. The topological polar surface area (TPSA) is 95.5 Å². The Morgan fingerprint density at radius 2 is 0.875 bits per heavy atom. The molecule has 0 aliphatic rings. The molecular formula is C34H66N2O4. The number of unbranched alkanes of at least 4 members (excludes halogenated alkanes) is 23. The highest BCUT2D eigenvalue weighted by atomic mass is 16.4. The third-order valence-corrected chi connectivity index (χ3v) is 7.87. The van der Waals surface area contributed by atoms with Crippen molar-refractivity contribution in [1.82, 2.24) is 10.6 Å². The summed E-state index contributed by atoms with van der Waals surface area (Å²) in [5, 5.41) is 14.7. The van der Waals surface area contributed by atoms with Crippen molar-refractivity contribution in [2.24, 2.45) is 0 Å². The van der Waals surface area contributed by atoms with E-state index in [-0.39, 0.29) is 18.2 Å². The van der Waals surface area contributed by atoms with Crippen LogP contribution in [-0.2, 0) is 14.4 Å². The number of aliphatic carboxylic acids is 1. The summed E-state index contributed by atoms with van der Waals surface area (Å²) in [6, 6.07) is -0.996. The summed E-state index contributed by atoms with van der Waals surface area (Å²) >= 11 is 0. The summed E-state index contributed by atoms with van der Waals surface area (Å²) < 4.78 is 0. The van der Waals surface area contributed by atoms with E-state index >= 15 is 0 Å². The lowest BCUT2D eigenvalue weighted by Crippen LogP contribution is -2.48. The second-order valence-corrected chi connectivity index (χ2v) is 11.9.